The number of nitrogens with zero attached hydrogens (tertiary/aromatic N) is 4. The van der Waals surface area contributed by atoms with Gasteiger partial charge in [-0.05, 0) is 48.8 Å². The molecule has 1 spiro atoms. The Hall–Kier alpha value is -2.55. The number of fused-ring (bicyclic) bond motifs is 1. The highest BCUT2D eigenvalue weighted by atomic mass is 35.5. The maximum Gasteiger partial charge on any atom is 0.158 e. The van der Waals surface area contributed by atoms with Gasteiger partial charge in [-0.1, -0.05) is 47.1 Å². The number of piperidine rings is 1. The fourth-order valence-electron chi connectivity index (χ4n) is 4.89. The fourth-order valence-corrected chi connectivity index (χ4v) is 5.91. The molecule has 2 aromatic heterocycles. The molecule has 6 N–H and O–H groups in total. The van der Waals surface area contributed by atoms with E-state index in [2.05, 4.69) is 45.0 Å². The summed E-state index contributed by atoms with van der Waals surface area (Å²) < 4.78 is 0. The average molecular weight is 468 g/mol. The summed E-state index contributed by atoms with van der Waals surface area (Å²) in [5.41, 5.74) is 22.9. The van der Waals surface area contributed by atoms with E-state index in [1.165, 1.54) is 28.5 Å². The van der Waals surface area contributed by atoms with E-state index < -0.39 is 0 Å². The van der Waals surface area contributed by atoms with Crippen molar-refractivity contribution in [2.75, 3.05) is 29.5 Å². The Bertz CT molecular complexity index is 1180. The van der Waals surface area contributed by atoms with Gasteiger partial charge >= 0.3 is 0 Å². The van der Waals surface area contributed by atoms with Crippen LogP contribution in [0.15, 0.2) is 46.6 Å². The normalized spacial score (nSPS) is 19.3. The predicted octanol–water partition coefficient (Wildman–Crippen LogP) is 3.99. The molecule has 1 saturated heterocycles. The van der Waals surface area contributed by atoms with E-state index in [0.717, 1.165) is 43.1 Å². The molecule has 1 aliphatic carbocycles. The minimum atomic E-state index is 0.0898. The van der Waals surface area contributed by atoms with Crippen LogP contribution in [0.3, 0.4) is 0 Å². The molecule has 0 radical (unpaired) electrons. The standard InChI is InChI=1S/C23H26ClN7S/c1-13-2-3-14-11-23(19(25)15(14)10-13)5-8-31(9-6-23)17-12-29-22(21(27)30-17)32-16-4-7-28-20(26)18(16)24/h2-4,7,10,12,19H,5-6,8-9,11,25H2,1H3,(H2,26,28)(H2,27,30)/t19-/m1/s1. The molecule has 9 heteroatoms. The van der Waals surface area contributed by atoms with Gasteiger partial charge in [0.2, 0.25) is 0 Å². The second kappa shape index (κ2) is 8.10. The third kappa shape index (κ3) is 3.66. The summed E-state index contributed by atoms with van der Waals surface area (Å²) >= 11 is 7.58. The summed E-state index contributed by atoms with van der Waals surface area (Å²) in [4.78, 5) is 16.2. The largest absolute Gasteiger partial charge is 0.382 e. The first-order valence-electron chi connectivity index (χ1n) is 10.7. The van der Waals surface area contributed by atoms with Gasteiger partial charge in [-0.25, -0.2) is 15.0 Å². The summed E-state index contributed by atoms with van der Waals surface area (Å²) in [6, 6.07) is 8.56. The SMILES string of the molecule is Cc1ccc2c(c1)[C@@H](N)C1(CCN(c3cnc(Sc4ccnc(N)c4Cl)c(N)n3)CC1)C2. The van der Waals surface area contributed by atoms with E-state index in [1.54, 1.807) is 18.5 Å². The number of aryl methyl sites for hydroxylation is 1. The van der Waals surface area contributed by atoms with Crippen molar-refractivity contribution in [1.82, 2.24) is 15.0 Å². The molecule has 0 amide bonds. The van der Waals surface area contributed by atoms with E-state index in [0.29, 0.717) is 15.9 Å². The lowest BCUT2D eigenvalue weighted by atomic mass is 9.73. The Labute approximate surface area is 196 Å². The molecular formula is C23H26ClN7S. The lowest BCUT2D eigenvalue weighted by molar-refractivity contribution is 0.187. The lowest BCUT2D eigenvalue weighted by Crippen LogP contribution is -2.44. The summed E-state index contributed by atoms with van der Waals surface area (Å²) in [6.45, 7) is 3.89. The van der Waals surface area contributed by atoms with Crippen molar-refractivity contribution in [1.29, 1.82) is 0 Å². The summed E-state index contributed by atoms with van der Waals surface area (Å²) in [6.07, 6.45) is 6.48. The predicted molar refractivity (Wildman–Crippen MR) is 130 cm³/mol. The first-order chi connectivity index (χ1) is 15.4. The molecule has 1 fully saturated rings. The summed E-state index contributed by atoms with van der Waals surface area (Å²) in [7, 11) is 0. The van der Waals surface area contributed by atoms with Crippen molar-refractivity contribution in [3.8, 4) is 0 Å². The highest BCUT2D eigenvalue weighted by Gasteiger charge is 2.46. The molecule has 166 valence electrons. The van der Waals surface area contributed by atoms with Crippen molar-refractivity contribution in [2.45, 2.75) is 42.1 Å². The van der Waals surface area contributed by atoms with Crippen LogP contribution < -0.4 is 22.1 Å². The maximum absolute atomic E-state index is 6.76. The van der Waals surface area contributed by atoms with E-state index in [9.17, 15) is 0 Å². The highest BCUT2D eigenvalue weighted by Crippen LogP contribution is 2.51. The second-order valence-corrected chi connectivity index (χ2v) is 10.1. The van der Waals surface area contributed by atoms with Gasteiger partial charge < -0.3 is 22.1 Å². The molecule has 3 heterocycles. The van der Waals surface area contributed by atoms with Crippen LogP contribution in [-0.4, -0.2) is 28.0 Å². The Morgan fingerprint density at radius 1 is 1.12 bits per heavy atom. The van der Waals surface area contributed by atoms with Crippen LogP contribution in [0.4, 0.5) is 17.5 Å². The molecule has 32 heavy (non-hydrogen) atoms. The van der Waals surface area contributed by atoms with E-state index in [-0.39, 0.29) is 17.3 Å². The number of benzene rings is 1. The van der Waals surface area contributed by atoms with Crippen molar-refractivity contribution >= 4 is 40.8 Å². The zero-order valence-electron chi connectivity index (χ0n) is 17.9. The zero-order chi connectivity index (χ0) is 22.5. The zero-order valence-corrected chi connectivity index (χ0v) is 19.5. The Morgan fingerprint density at radius 3 is 2.66 bits per heavy atom. The number of nitrogen functional groups attached to an aromatic ring is 2. The van der Waals surface area contributed by atoms with Crippen molar-refractivity contribution in [3.63, 3.8) is 0 Å². The van der Waals surface area contributed by atoms with Gasteiger partial charge in [0.05, 0.1) is 11.2 Å². The highest BCUT2D eigenvalue weighted by molar-refractivity contribution is 7.99. The molecule has 1 aliphatic heterocycles. The summed E-state index contributed by atoms with van der Waals surface area (Å²) in [5.74, 6) is 1.45. The minimum absolute atomic E-state index is 0.0898. The van der Waals surface area contributed by atoms with Crippen molar-refractivity contribution in [3.05, 3.63) is 58.4 Å². The van der Waals surface area contributed by atoms with E-state index in [1.807, 2.05) is 0 Å². The van der Waals surface area contributed by atoms with Gasteiger partial charge in [-0.2, -0.15) is 0 Å². The quantitative estimate of drug-likeness (QED) is 0.528. The minimum Gasteiger partial charge on any atom is -0.382 e. The van der Waals surface area contributed by atoms with Crippen LogP contribution in [-0.2, 0) is 6.42 Å². The van der Waals surface area contributed by atoms with Gasteiger partial charge in [-0.15, -0.1) is 0 Å². The molecule has 0 bridgehead atoms. The summed E-state index contributed by atoms with van der Waals surface area (Å²) in [5, 5.41) is 0.992. The number of hydrogen-bond acceptors (Lipinski definition) is 8. The van der Waals surface area contributed by atoms with Crippen LogP contribution >= 0.6 is 23.4 Å². The molecule has 3 aromatic rings. The Morgan fingerprint density at radius 2 is 1.91 bits per heavy atom. The smallest absolute Gasteiger partial charge is 0.158 e. The van der Waals surface area contributed by atoms with Crippen molar-refractivity contribution < 1.29 is 0 Å². The van der Waals surface area contributed by atoms with Crippen LogP contribution in [0.25, 0.3) is 0 Å². The van der Waals surface area contributed by atoms with Gasteiger partial charge in [0.1, 0.15) is 16.7 Å². The third-order valence-corrected chi connectivity index (χ3v) is 8.34. The number of pyridine rings is 1. The van der Waals surface area contributed by atoms with Crippen LogP contribution in [0.1, 0.15) is 35.6 Å². The Balaban J connectivity index is 1.29. The fraction of sp³-hybridized carbons (Fsp3) is 0.348. The van der Waals surface area contributed by atoms with Gasteiger partial charge in [0, 0.05) is 30.2 Å². The first kappa shape index (κ1) is 21.3. The molecule has 0 saturated carbocycles. The Kier molecular flexibility index (Phi) is 5.39. The number of hydrogen-bond donors (Lipinski definition) is 3. The van der Waals surface area contributed by atoms with Crippen LogP contribution in [0.2, 0.25) is 5.02 Å². The number of halogens is 1. The number of nitrogens with two attached hydrogens (primary N) is 3. The monoisotopic (exact) mass is 467 g/mol. The van der Waals surface area contributed by atoms with Gasteiger partial charge in [-0.3, -0.25) is 0 Å². The number of aromatic nitrogens is 3. The van der Waals surface area contributed by atoms with Gasteiger partial charge in [0.25, 0.3) is 0 Å². The van der Waals surface area contributed by atoms with Crippen molar-refractivity contribution in [2.24, 2.45) is 11.1 Å². The maximum atomic E-state index is 6.76. The first-order valence-corrected chi connectivity index (χ1v) is 11.9. The number of rotatable bonds is 3. The molecule has 1 aromatic carbocycles. The average Bonchev–Trinajstić information content (AvgIpc) is 3.04. The molecule has 7 nitrogen and oxygen atoms in total. The van der Waals surface area contributed by atoms with Crippen LogP contribution in [0, 0.1) is 12.3 Å². The molecule has 1 atom stereocenters. The molecular weight excluding hydrogens is 442 g/mol. The van der Waals surface area contributed by atoms with E-state index >= 15 is 0 Å². The lowest BCUT2D eigenvalue weighted by Gasteiger charge is -2.42. The molecule has 2 aliphatic rings. The molecule has 5 rings (SSSR count). The second-order valence-electron chi connectivity index (χ2n) is 8.74. The van der Waals surface area contributed by atoms with Crippen LogP contribution in [0.5, 0.6) is 0 Å². The topological polar surface area (TPSA) is 120 Å². The molecule has 0 unspecified atom stereocenters. The van der Waals surface area contributed by atoms with E-state index in [4.69, 9.17) is 28.8 Å². The third-order valence-electron chi connectivity index (χ3n) is 6.76. The van der Waals surface area contributed by atoms with Gasteiger partial charge in [0.15, 0.2) is 5.82 Å². The number of anilines is 3.